The highest BCUT2D eigenvalue weighted by Gasteiger charge is 2.28. The minimum absolute atomic E-state index is 0.142. The van der Waals surface area contributed by atoms with Gasteiger partial charge in [-0.25, -0.2) is 4.98 Å². The fourth-order valence-electron chi connectivity index (χ4n) is 2.05. The van der Waals surface area contributed by atoms with Crippen LogP contribution in [-0.4, -0.2) is 4.98 Å². The first kappa shape index (κ1) is 11.1. The van der Waals surface area contributed by atoms with Crippen molar-refractivity contribution in [3.8, 4) is 0 Å². The van der Waals surface area contributed by atoms with Crippen LogP contribution in [0.4, 0.5) is 0 Å². The number of aromatic nitrogens is 1. The molecule has 0 amide bonds. The highest BCUT2D eigenvalue weighted by atomic mass is 32.1. The van der Waals surface area contributed by atoms with Gasteiger partial charge in [-0.3, -0.25) is 0 Å². The third kappa shape index (κ3) is 2.23. The van der Waals surface area contributed by atoms with Gasteiger partial charge in [0.25, 0.3) is 0 Å². The molecule has 0 spiro atoms. The lowest BCUT2D eigenvalue weighted by molar-refractivity contribution is 0.316. The van der Waals surface area contributed by atoms with E-state index in [1.54, 1.807) is 0 Å². The number of hydrogen-bond acceptors (Lipinski definition) is 3. The van der Waals surface area contributed by atoms with E-state index in [0.29, 0.717) is 5.41 Å². The molecule has 0 aromatic carbocycles. The van der Waals surface area contributed by atoms with Crippen LogP contribution >= 0.6 is 11.3 Å². The second-order valence-electron chi connectivity index (χ2n) is 5.28. The van der Waals surface area contributed by atoms with Crippen molar-refractivity contribution >= 4 is 11.3 Å². The second-order valence-corrected chi connectivity index (χ2v) is 6.39. The van der Waals surface area contributed by atoms with Crippen LogP contribution in [0, 0.1) is 5.41 Å². The fraction of sp³-hybridized carbons (Fsp3) is 0.750. The first-order valence-corrected chi connectivity index (χ1v) is 6.57. The summed E-state index contributed by atoms with van der Waals surface area (Å²) in [5.41, 5.74) is 7.79. The number of fused-ring (bicyclic) bond motifs is 1. The maximum Gasteiger partial charge on any atom is 0.110 e. The minimum atomic E-state index is 0.142. The summed E-state index contributed by atoms with van der Waals surface area (Å²) in [6, 6.07) is 0.142. The second kappa shape index (κ2) is 3.87. The van der Waals surface area contributed by atoms with Gasteiger partial charge in [0, 0.05) is 4.88 Å². The van der Waals surface area contributed by atoms with Gasteiger partial charge < -0.3 is 5.73 Å². The Morgan fingerprint density at radius 2 is 2.27 bits per heavy atom. The predicted molar refractivity (Wildman–Crippen MR) is 65.1 cm³/mol. The molecular weight excluding hydrogens is 204 g/mol. The zero-order chi connectivity index (χ0) is 11.1. The van der Waals surface area contributed by atoms with Crippen LogP contribution in [0.2, 0.25) is 0 Å². The summed E-state index contributed by atoms with van der Waals surface area (Å²) in [7, 11) is 0. The molecule has 1 aliphatic rings. The Kier molecular flexibility index (Phi) is 2.86. The molecule has 1 aromatic heterocycles. The van der Waals surface area contributed by atoms with Gasteiger partial charge in [0.05, 0.1) is 11.7 Å². The molecule has 1 heterocycles. The highest BCUT2D eigenvalue weighted by molar-refractivity contribution is 7.11. The smallest absolute Gasteiger partial charge is 0.110 e. The molecular formula is C12H20N2S. The van der Waals surface area contributed by atoms with E-state index in [1.807, 2.05) is 11.3 Å². The van der Waals surface area contributed by atoms with Crippen molar-refractivity contribution in [2.75, 3.05) is 0 Å². The summed E-state index contributed by atoms with van der Waals surface area (Å²) in [6.45, 7) is 6.80. The van der Waals surface area contributed by atoms with Gasteiger partial charge >= 0.3 is 0 Å². The van der Waals surface area contributed by atoms with Crippen molar-refractivity contribution in [3.05, 3.63) is 15.6 Å². The molecule has 0 fully saturated rings. The van der Waals surface area contributed by atoms with E-state index < -0.39 is 0 Å². The predicted octanol–water partition coefficient (Wildman–Crippen LogP) is 3.07. The lowest BCUT2D eigenvalue weighted by Crippen LogP contribution is -2.20. The van der Waals surface area contributed by atoms with E-state index in [0.717, 1.165) is 17.8 Å². The van der Waals surface area contributed by atoms with Crippen molar-refractivity contribution in [1.82, 2.24) is 4.98 Å². The number of aryl methyl sites for hydroxylation is 1. The van der Waals surface area contributed by atoms with E-state index in [4.69, 9.17) is 5.73 Å². The topological polar surface area (TPSA) is 38.9 Å². The summed E-state index contributed by atoms with van der Waals surface area (Å²) in [6.07, 6.45) is 4.55. The Hall–Kier alpha value is -0.410. The Balaban J connectivity index is 2.25. The van der Waals surface area contributed by atoms with Crippen LogP contribution in [0.1, 0.15) is 55.2 Å². The largest absolute Gasteiger partial charge is 0.322 e. The molecule has 2 nitrogen and oxygen atoms in total. The van der Waals surface area contributed by atoms with Crippen LogP contribution in [0.5, 0.6) is 0 Å². The molecule has 0 radical (unpaired) electrons. The molecule has 1 aliphatic carbocycles. The monoisotopic (exact) mass is 224 g/mol. The molecule has 1 atom stereocenters. The average Bonchev–Trinajstić information content (AvgIpc) is 2.57. The summed E-state index contributed by atoms with van der Waals surface area (Å²) in [4.78, 5) is 6.16. The molecule has 0 saturated heterocycles. The van der Waals surface area contributed by atoms with Crippen molar-refractivity contribution < 1.29 is 0 Å². The lowest BCUT2D eigenvalue weighted by Gasteiger charge is -2.28. The number of nitrogens with zero attached hydrogens (tertiary/aromatic N) is 1. The number of hydrogen-bond donors (Lipinski definition) is 1. The maximum atomic E-state index is 6.02. The van der Waals surface area contributed by atoms with Gasteiger partial charge in [-0.05, 0) is 31.1 Å². The molecule has 0 aliphatic heterocycles. The Bertz CT molecular complexity index is 355. The average molecular weight is 224 g/mol. The van der Waals surface area contributed by atoms with Crippen molar-refractivity contribution in [2.24, 2.45) is 11.1 Å². The fourth-order valence-corrected chi connectivity index (χ4v) is 3.50. The molecule has 2 N–H and O–H groups in total. The molecule has 84 valence electrons. The van der Waals surface area contributed by atoms with Crippen LogP contribution in [0.25, 0.3) is 0 Å². The number of rotatable bonds is 2. The Morgan fingerprint density at radius 1 is 1.53 bits per heavy atom. The first-order chi connectivity index (χ1) is 7.02. The van der Waals surface area contributed by atoms with Crippen LogP contribution < -0.4 is 5.73 Å². The molecule has 15 heavy (non-hydrogen) atoms. The van der Waals surface area contributed by atoms with E-state index in [2.05, 4.69) is 25.8 Å². The zero-order valence-corrected chi connectivity index (χ0v) is 10.7. The number of thiazole rings is 1. The summed E-state index contributed by atoms with van der Waals surface area (Å²) in [5.74, 6) is 0. The van der Waals surface area contributed by atoms with Gasteiger partial charge in [0.2, 0.25) is 0 Å². The van der Waals surface area contributed by atoms with Gasteiger partial charge in [-0.1, -0.05) is 20.8 Å². The summed E-state index contributed by atoms with van der Waals surface area (Å²) in [5, 5.41) is 1.14. The normalized spacial score (nSPS) is 21.1. The van der Waals surface area contributed by atoms with E-state index >= 15 is 0 Å². The Morgan fingerprint density at radius 3 is 2.93 bits per heavy atom. The SMILES string of the molecule is CCC(N)c1nc2c(s1)CC(C)(C)CC2. The van der Waals surface area contributed by atoms with E-state index in [-0.39, 0.29) is 6.04 Å². The van der Waals surface area contributed by atoms with Crippen LogP contribution in [0.3, 0.4) is 0 Å². The quantitative estimate of drug-likeness (QED) is 0.838. The minimum Gasteiger partial charge on any atom is -0.322 e. The molecule has 0 saturated carbocycles. The summed E-state index contributed by atoms with van der Waals surface area (Å²) >= 11 is 1.83. The van der Waals surface area contributed by atoms with Gasteiger partial charge in [-0.15, -0.1) is 11.3 Å². The van der Waals surface area contributed by atoms with E-state index in [1.165, 1.54) is 23.4 Å². The summed E-state index contributed by atoms with van der Waals surface area (Å²) < 4.78 is 0. The van der Waals surface area contributed by atoms with Crippen molar-refractivity contribution in [3.63, 3.8) is 0 Å². The third-order valence-electron chi connectivity index (χ3n) is 3.23. The van der Waals surface area contributed by atoms with Gasteiger partial charge in [-0.2, -0.15) is 0 Å². The zero-order valence-electron chi connectivity index (χ0n) is 9.84. The lowest BCUT2D eigenvalue weighted by atomic mass is 9.79. The van der Waals surface area contributed by atoms with Crippen LogP contribution in [0.15, 0.2) is 0 Å². The number of nitrogens with two attached hydrogens (primary N) is 1. The van der Waals surface area contributed by atoms with Crippen LogP contribution in [-0.2, 0) is 12.8 Å². The highest BCUT2D eigenvalue weighted by Crippen LogP contribution is 2.38. The molecule has 3 heteroatoms. The molecule has 1 unspecified atom stereocenters. The maximum absolute atomic E-state index is 6.02. The first-order valence-electron chi connectivity index (χ1n) is 5.76. The van der Waals surface area contributed by atoms with Gasteiger partial charge in [0.15, 0.2) is 0 Å². The molecule has 0 bridgehead atoms. The van der Waals surface area contributed by atoms with Crippen molar-refractivity contribution in [2.45, 2.75) is 52.5 Å². The van der Waals surface area contributed by atoms with Gasteiger partial charge in [0.1, 0.15) is 5.01 Å². The third-order valence-corrected chi connectivity index (χ3v) is 4.46. The standard InChI is InChI=1S/C12H20N2S/c1-4-8(13)11-14-9-5-6-12(2,3)7-10(9)15-11/h8H,4-7,13H2,1-3H3. The Labute approximate surface area is 95.9 Å². The molecule has 2 rings (SSSR count). The van der Waals surface area contributed by atoms with E-state index in [9.17, 15) is 0 Å². The molecule has 1 aromatic rings. The van der Waals surface area contributed by atoms with Crippen molar-refractivity contribution in [1.29, 1.82) is 0 Å².